The zero-order valence-electron chi connectivity index (χ0n) is 11.3. The molecule has 0 saturated carbocycles. The molecule has 1 aromatic heterocycles. The van der Waals surface area contributed by atoms with Crippen LogP contribution in [-0.4, -0.2) is 36.4 Å². The van der Waals surface area contributed by atoms with Crippen molar-refractivity contribution in [2.45, 2.75) is 6.92 Å². The minimum atomic E-state index is -0.0432. The summed E-state index contributed by atoms with van der Waals surface area (Å²) in [5, 5.41) is 3.49. The number of benzene rings is 1. The smallest absolute Gasteiger partial charge is 0.240 e. The second-order valence-electron chi connectivity index (χ2n) is 4.59. The van der Waals surface area contributed by atoms with Crippen molar-refractivity contribution >= 4 is 22.4 Å². The second-order valence-corrected chi connectivity index (χ2v) is 5.58. The molecule has 1 amide bonds. The maximum absolute atomic E-state index is 11.7. The van der Waals surface area contributed by atoms with Crippen molar-refractivity contribution in [2.75, 3.05) is 26.0 Å². The molecule has 0 atom stereocenters. The van der Waals surface area contributed by atoms with E-state index >= 15 is 0 Å². The van der Waals surface area contributed by atoms with E-state index in [4.69, 9.17) is 0 Å². The number of aromatic nitrogens is 1. The van der Waals surface area contributed by atoms with E-state index in [0.29, 0.717) is 11.7 Å². The van der Waals surface area contributed by atoms with Crippen molar-refractivity contribution in [2.24, 2.45) is 0 Å². The molecule has 0 aliphatic carbocycles. The van der Waals surface area contributed by atoms with Crippen LogP contribution in [0.3, 0.4) is 0 Å². The van der Waals surface area contributed by atoms with Crippen molar-refractivity contribution < 1.29 is 4.79 Å². The van der Waals surface area contributed by atoms with Gasteiger partial charge in [0.25, 0.3) is 0 Å². The van der Waals surface area contributed by atoms with Gasteiger partial charge in [-0.05, 0) is 26.6 Å². The van der Waals surface area contributed by atoms with E-state index in [0.717, 1.165) is 16.1 Å². The molecule has 100 valence electrons. The number of carbonyl (C=O) groups excluding carboxylic acids is 1. The molecule has 0 saturated heterocycles. The number of thiazole rings is 1. The molecule has 0 aliphatic rings. The third-order valence-corrected chi connectivity index (χ3v) is 3.66. The lowest BCUT2D eigenvalue weighted by atomic mass is 10.2. The number of likely N-dealkylation sites (N-methyl/N-ethyl adjacent to an activating group) is 1. The Balaban J connectivity index is 2.16. The molecule has 1 aromatic carbocycles. The van der Waals surface area contributed by atoms with Gasteiger partial charge >= 0.3 is 0 Å². The Morgan fingerprint density at radius 2 is 2.00 bits per heavy atom. The Kier molecular flexibility index (Phi) is 4.29. The average Bonchev–Trinajstić information content (AvgIpc) is 2.70. The van der Waals surface area contributed by atoms with Crippen molar-refractivity contribution in [3.8, 4) is 10.4 Å². The summed E-state index contributed by atoms with van der Waals surface area (Å²) in [4.78, 5) is 19.0. The van der Waals surface area contributed by atoms with E-state index in [9.17, 15) is 4.79 Å². The van der Waals surface area contributed by atoms with Gasteiger partial charge in [-0.25, -0.2) is 4.98 Å². The van der Waals surface area contributed by atoms with Crippen LogP contribution >= 0.6 is 11.3 Å². The summed E-state index contributed by atoms with van der Waals surface area (Å²) < 4.78 is 0. The van der Waals surface area contributed by atoms with E-state index in [2.05, 4.69) is 10.3 Å². The molecule has 0 aliphatic heterocycles. The van der Waals surface area contributed by atoms with Gasteiger partial charge in [0.05, 0.1) is 17.1 Å². The van der Waals surface area contributed by atoms with Gasteiger partial charge < -0.3 is 10.2 Å². The molecule has 2 rings (SSSR count). The first-order chi connectivity index (χ1) is 9.06. The second kappa shape index (κ2) is 5.95. The number of anilines is 1. The van der Waals surface area contributed by atoms with Gasteiger partial charge in [-0.1, -0.05) is 41.7 Å². The highest BCUT2D eigenvalue weighted by molar-refractivity contribution is 7.19. The van der Waals surface area contributed by atoms with Gasteiger partial charge in [-0.15, -0.1) is 0 Å². The highest BCUT2D eigenvalue weighted by Crippen LogP contribution is 2.32. The summed E-state index contributed by atoms with van der Waals surface area (Å²) in [6, 6.07) is 10.1. The highest BCUT2D eigenvalue weighted by Gasteiger charge is 2.11. The number of nitrogens with zero attached hydrogens (tertiary/aromatic N) is 2. The number of carbonyl (C=O) groups is 1. The van der Waals surface area contributed by atoms with Gasteiger partial charge in [-0.2, -0.15) is 0 Å². The molecule has 2 aromatic rings. The third-order valence-electron chi connectivity index (χ3n) is 2.54. The van der Waals surface area contributed by atoms with Crippen LogP contribution < -0.4 is 5.32 Å². The normalized spacial score (nSPS) is 10.7. The van der Waals surface area contributed by atoms with E-state index in [-0.39, 0.29) is 5.91 Å². The Hall–Kier alpha value is -1.72. The van der Waals surface area contributed by atoms with E-state index in [1.165, 1.54) is 11.3 Å². The first kappa shape index (κ1) is 13.7. The van der Waals surface area contributed by atoms with E-state index in [1.807, 2.05) is 56.3 Å². The first-order valence-electron chi connectivity index (χ1n) is 6.03. The molecular weight excluding hydrogens is 258 g/mol. The third kappa shape index (κ3) is 3.62. The zero-order chi connectivity index (χ0) is 13.8. The molecule has 0 spiro atoms. The standard InChI is InChI=1S/C14H17N3OS/c1-10-13(11-7-5-4-6-8-11)19-14(15-10)16-12(18)9-17(2)3/h4-8H,9H2,1-3H3,(H,15,16,18). The number of hydrogen-bond donors (Lipinski definition) is 1. The largest absolute Gasteiger partial charge is 0.301 e. The minimum absolute atomic E-state index is 0.0432. The minimum Gasteiger partial charge on any atom is -0.301 e. The molecule has 0 radical (unpaired) electrons. The van der Waals surface area contributed by atoms with Crippen LogP contribution in [0.5, 0.6) is 0 Å². The quantitative estimate of drug-likeness (QED) is 0.933. The predicted octanol–water partition coefficient (Wildman–Crippen LogP) is 2.62. The van der Waals surface area contributed by atoms with Crippen molar-refractivity contribution in [1.82, 2.24) is 9.88 Å². The predicted molar refractivity (Wildman–Crippen MR) is 79.5 cm³/mol. The molecule has 1 heterocycles. The number of aryl methyl sites for hydroxylation is 1. The van der Waals surface area contributed by atoms with Gasteiger partial charge in [0.15, 0.2) is 5.13 Å². The number of hydrogen-bond acceptors (Lipinski definition) is 4. The van der Waals surface area contributed by atoms with Crippen LogP contribution in [0.4, 0.5) is 5.13 Å². The van der Waals surface area contributed by atoms with Gasteiger partial charge in [0.2, 0.25) is 5.91 Å². The summed E-state index contributed by atoms with van der Waals surface area (Å²) in [6.45, 7) is 2.32. The van der Waals surface area contributed by atoms with Crippen LogP contribution in [0.1, 0.15) is 5.69 Å². The number of nitrogens with one attached hydrogen (secondary N) is 1. The number of rotatable bonds is 4. The van der Waals surface area contributed by atoms with Crippen LogP contribution in [0, 0.1) is 6.92 Å². The summed E-state index contributed by atoms with van der Waals surface area (Å²) >= 11 is 1.51. The van der Waals surface area contributed by atoms with E-state index < -0.39 is 0 Å². The van der Waals surface area contributed by atoms with Gasteiger partial charge in [-0.3, -0.25) is 4.79 Å². The van der Waals surface area contributed by atoms with Gasteiger partial charge in [0.1, 0.15) is 0 Å². The lowest BCUT2D eigenvalue weighted by Gasteiger charge is -2.07. The first-order valence-corrected chi connectivity index (χ1v) is 6.85. The summed E-state index contributed by atoms with van der Waals surface area (Å²) in [6.07, 6.45) is 0. The van der Waals surface area contributed by atoms with Crippen LogP contribution in [0.2, 0.25) is 0 Å². The lowest BCUT2D eigenvalue weighted by Crippen LogP contribution is -2.26. The van der Waals surface area contributed by atoms with Crippen molar-refractivity contribution in [3.63, 3.8) is 0 Å². The van der Waals surface area contributed by atoms with Gasteiger partial charge in [0, 0.05) is 0 Å². The average molecular weight is 275 g/mol. The summed E-state index contributed by atoms with van der Waals surface area (Å²) in [5.41, 5.74) is 2.07. The topological polar surface area (TPSA) is 45.2 Å². The van der Waals surface area contributed by atoms with Crippen LogP contribution in [0.25, 0.3) is 10.4 Å². The molecule has 4 nitrogen and oxygen atoms in total. The Labute approximate surface area is 117 Å². The maximum Gasteiger partial charge on any atom is 0.240 e. The van der Waals surface area contributed by atoms with Crippen LogP contribution in [0.15, 0.2) is 30.3 Å². The SMILES string of the molecule is Cc1nc(NC(=O)CN(C)C)sc1-c1ccccc1. The molecule has 0 bridgehead atoms. The highest BCUT2D eigenvalue weighted by atomic mass is 32.1. The fraction of sp³-hybridized carbons (Fsp3) is 0.286. The maximum atomic E-state index is 11.7. The Morgan fingerprint density at radius 1 is 1.32 bits per heavy atom. The molecule has 19 heavy (non-hydrogen) atoms. The monoisotopic (exact) mass is 275 g/mol. The van der Waals surface area contributed by atoms with Crippen molar-refractivity contribution in [1.29, 1.82) is 0 Å². The summed E-state index contributed by atoms with van der Waals surface area (Å²) in [7, 11) is 3.73. The molecule has 0 fully saturated rings. The van der Waals surface area contributed by atoms with Crippen molar-refractivity contribution in [3.05, 3.63) is 36.0 Å². The molecule has 5 heteroatoms. The fourth-order valence-electron chi connectivity index (χ4n) is 1.75. The van der Waals surface area contributed by atoms with Crippen LogP contribution in [-0.2, 0) is 4.79 Å². The molecule has 1 N–H and O–H groups in total. The zero-order valence-corrected chi connectivity index (χ0v) is 12.1. The Morgan fingerprint density at radius 3 is 2.63 bits per heavy atom. The number of amides is 1. The molecular formula is C14H17N3OS. The Bertz CT molecular complexity index is 563. The summed E-state index contributed by atoms with van der Waals surface area (Å²) in [5.74, 6) is -0.0432. The lowest BCUT2D eigenvalue weighted by molar-refractivity contribution is -0.116. The molecule has 0 unspecified atom stereocenters. The fourth-order valence-corrected chi connectivity index (χ4v) is 2.74. The van der Waals surface area contributed by atoms with E-state index in [1.54, 1.807) is 0 Å².